The Bertz CT molecular complexity index is 1100. The van der Waals surface area contributed by atoms with Crippen molar-refractivity contribution >= 4 is 39.4 Å². The van der Waals surface area contributed by atoms with Gasteiger partial charge in [-0.05, 0) is 55.0 Å². The molecule has 0 saturated heterocycles. The highest BCUT2D eigenvalue weighted by Crippen LogP contribution is 2.29. The minimum Gasteiger partial charge on any atom is -0.497 e. The molecule has 29 heavy (non-hydrogen) atoms. The molecule has 1 aliphatic rings. The minimum absolute atomic E-state index is 0.150. The highest BCUT2D eigenvalue weighted by Gasteiger charge is 2.32. The Kier molecular flexibility index (Phi) is 5.32. The van der Waals surface area contributed by atoms with Gasteiger partial charge in [-0.2, -0.15) is 0 Å². The first kappa shape index (κ1) is 19.2. The van der Waals surface area contributed by atoms with Gasteiger partial charge in [0.15, 0.2) is 0 Å². The van der Waals surface area contributed by atoms with Crippen LogP contribution >= 0.6 is 15.9 Å². The predicted octanol–water partition coefficient (Wildman–Crippen LogP) is 5.60. The number of ether oxygens (including phenoxy) is 1. The van der Waals surface area contributed by atoms with Crippen LogP contribution in [0.4, 0.5) is 5.69 Å². The molecule has 1 amide bonds. The molecule has 0 N–H and O–H groups in total. The third-order valence-electron chi connectivity index (χ3n) is 4.67. The lowest BCUT2D eigenvalue weighted by molar-refractivity contribution is -0.113. The zero-order valence-electron chi connectivity index (χ0n) is 16.1. The maximum Gasteiger partial charge on any atom is 0.282 e. The fourth-order valence-corrected chi connectivity index (χ4v) is 3.36. The van der Waals surface area contributed by atoms with E-state index in [1.54, 1.807) is 18.1 Å². The Morgan fingerprint density at radius 1 is 0.931 bits per heavy atom. The van der Waals surface area contributed by atoms with Gasteiger partial charge in [-0.3, -0.25) is 9.69 Å². The van der Waals surface area contributed by atoms with Gasteiger partial charge in [0.2, 0.25) is 0 Å². The van der Waals surface area contributed by atoms with Crippen LogP contribution in [0.2, 0.25) is 0 Å². The Labute approximate surface area is 178 Å². The van der Waals surface area contributed by atoms with Gasteiger partial charge in [0.05, 0.1) is 12.8 Å². The fourth-order valence-electron chi connectivity index (χ4n) is 3.10. The lowest BCUT2D eigenvalue weighted by Crippen LogP contribution is -2.32. The number of carbonyl (C=O) groups excluding carboxylic acids is 1. The Morgan fingerprint density at radius 3 is 2.21 bits per heavy atom. The normalized spacial score (nSPS) is 15.0. The van der Waals surface area contributed by atoms with Gasteiger partial charge < -0.3 is 4.74 Å². The molecule has 4 nitrogen and oxygen atoms in total. The van der Waals surface area contributed by atoms with Crippen LogP contribution in [0.25, 0.3) is 6.08 Å². The van der Waals surface area contributed by atoms with Crippen LogP contribution in [0.15, 0.2) is 88.0 Å². The number of amidine groups is 1. The summed E-state index contributed by atoms with van der Waals surface area (Å²) in [6.07, 6.45) is 1.80. The quantitative estimate of drug-likeness (QED) is 0.489. The third-order valence-corrected chi connectivity index (χ3v) is 5.20. The smallest absolute Gasteiger partial charge is 0.282 e. The summed E-state index contributed by atoms with van der Waals surface area (Å²) in [7, 11) is 1.63. The van der Waals surface area contributed by atoms with Crippen molar-refractivity contribution < 1.29 is 9.53 Å². The maximum absolute atomic E-state index is 13.3. The molecule has 0 unspecified atom stereocenters. The second-order valence-corrected chi connectivity index (χ2v) is 7.64. The lowest BCUT2D eigenvalue weighted by Gasteiger charge is -2.18. The number of halogens is 1. The summed E-state index contributed by atoms with van der Waals surface area (Å²) in [5.41, 5.74) is 4.09. The second kappa shape index (κ2) is 8.05. The molecule has 3 aromatic rings. The molecule has 0 radical (unpaired) electrons. The number of aliphatic imine (C=N–C) groups is 1. The molecule has 1 aliphatic heterocycles. The highest BCUT2D eigenvalue weighted by molar-refractivity contribution is 9.10. The largest absolute Gasteiger partial charge is 0.497 e. The number of carbonyl (C=O) groups is 1. The Hall–Kier alpha value is -3.18. The van der Waals surface area contributed by atoms with Crippen molar-refractivity contribution in [1.29, 1.82) is 0 Å². The molecular formula is C24H19BrN2O2. The van der Waals surface area contributed by atoms with E-state index >= 15 is 0 Å². The van der Waals surface area contributed by atoms with E-state index in [4.69, 9.17) is 9.73 Å². The molecule has 3 aromatic carbocycles. The van der Waals surface area contributed by atoms with Gasteiger partial charge in [-0.1, -0.05) is 57.9 Å². The molecule has 0 fully saturated rings. The summed E-state index contributed by atoms with van der Waals surface area (Å²) in [5.74, 6) is 1.24. The molecule has 0 aromatic heterocycles. The average Bonchev–Trinajstić information content (AvgIpc) is 3.06. The van der Waals surface area contributed by atoms with E-state index in [1.807, 2.05) is 79.7 Å². The minimum atomic E-state index is -0.150. The second-order valence-electron chi connectivity index (χ2n) is 6.72. The summed E-state index contributed by atoms with van der Waals surface area (Å²) in [5, 5.41) is 0. The van der Waals surface area contributed by atoms with E-state index in [2.05, 4.69) is 15.9 Å². The van der Waals surface area contributed by atoms with Gasteiger partial charge in [-0.25, -0.2) is 4.99 Å². The standard InChI is InChI=1S/C24H19BrN2O2/c1-16-3-11-20(12-4-16)27-23(18-7-9-19(25)10-8-18)26-22(24(27)28)15-17-5-13-21(29-2)14-6-17/h3-15H,1-2H3/b22-15+. The molecule has 0 spiro atoms. The zero-order chi connectivity index (χ0) is 20.4. The van der Waals surface area contributed by atoms with Crippen LogP contribution in [-0.2, 0) is 4.79 Å². The molecule has 0 atom stereocenters. The van der Waals surface area contributed by atoms with Crippen LogP contribution < -0.4 is 9.64 Å². The molecular weight excluding hydrogens is 428 g/mol. The number of methoxy groups -OCH3 is 1. The number of benzene rings is 3. The number of aryl methyl sites for hydroxylation is 1. The van der Waals surface area contributed by atoms with Gasteiger partial charge in [0.25, 0.3) is 5.91 Å². The van der Waals surface area contributed by atoms with Crippen molar-refractivity contribution in [3.8, 4) is 5.75 Å². The summed E-state index contributed by atoms with van der Waals surface area (Å²) in [6.45, 7) is 2.02. The summed E-state index contributed by atoms with van der Waals surface area (Å²) >= 11 is 3.46. The number of anilines is 1. The highest BCUT2D eigenvalue weighted by atomic mass is 79.9. The van der Waals surface area contributed by atoms with E-state index in [9.17, 15) is 4.79 Å². The van der Waals surface area contributed by atoms with Crippen LogP contribution in [-0.4, -0.2) is 18.9 Å². The lowest BCUT2D eigenvalue weighted by atomic mass is 10.1. The van der Waals surface area contributed by atoms with Crippen molar-refractivity contribution in [1.82, 2.24) is 0 Å². The molecule has 0 aliphatic carbocycles. The number of hydrogen-bond donors (Lipinski definition) is 0. The van der Waals surface area contributed by atoms with Crippen LogP contribution in [0.5, 0.6) is 5.75 Å². The first-order chi connectivity index (χ1) is 14.0. The average molecular weight is 447 g/mol. The van der Waals surface area contributed by atoms with Crippen molar-refractivity contribution in [2.45, 2.75) is 6.92 Å². The van der Waals surface area contributed by atoms with Crippen LogP contribution in [0, 0.1) is 6.92 Å². The summed E-state index contributed by atoms with van der Waals surface area (Å²) in [6, 6.07) is 23.2. The number of rotatable bonds is 4. The van der Waals surface area contributed by atoms with Gasteiger partial charge in [0.1, 0.15) is 17.3 Å². The summed E-state index contributed by atoms with van der Waals surface area (Å²) in [4.78, 5) is 19.6. The van der Waals surface area contributed by atoms with Crippen molar-refractivity contribution in [3.05, 3.63) is 99.7 Å². The van der Waals surface area contributed by atoms with Crippen molar-refractivity contribution in [2.75, 3.05) is 12.0 Å². The maximum atomic E-state index is 13.3. The molecule has 4 rings (SSSR count). The number of amides is 1. The first-order valence-corrected chi connectivity index (χ1v) is 9.96. The zero-order valence-corrected chi connectivity index (χ0v) is 17.7. The molecule has 1 heterocycles. The van der Waals surface area contributed by atoms with Gasteiger partial charge >= 0.3 is 0 Å². The topological polar surface area (TPSA) is 41.9 Å². The monoisotopic (exact) mass is 446 g/mol. The van der Waals surface area contributed by atoms with Gasteiger partial charge in [-0.15, -0.1) is 0 Å². The first-order valence-electron chi connectivity index (χ1n) is 9.16. The van der Waals surface area contributed by atoms with Crippen LogP contribution in [0.1, 0.15) is 16.7 Å². The third kappa shape index (κ3) is 4.00. The molecule has 5 heteroatoms. The van der Waals surface area contributed by atoms with Crippen molar-refractivity contribution in [2.24, 2.45) is 4.99 Å². The molecule has 144 valence electrons. The fraction of sp³-hybridized carbons (Fsp3) is 0.0833. The van der Waals surface area contributed by atoms with E-state index in [-0.39, 0.29) is 5.91 Å². The molecule has 0 bridgehead atoms. The summed E-state index contributed by atoms with van der Waals surface area (Å²) < 4.78 is 6.18. The predicted molar refractivity (Wildman–Crippen MR) is 120 cm³/mol. The number of hydrogen-bond acceptors (Lipinski definition) is 3. The van der Waals surface area contributed by atoms with E-state index in [1.165, 1.54) is 0 Å². The van der Waals surface area contributed by atoms with Gasteiger partial charge in [0, 0.05) is 10.0 Å². The SMILES string of the molecule is COc1ccc(/C=C2/N=C(c3ccc(Br)cc3)N(c3ccc(C)cc3)C2=O)cc1. The van der Waals surface area contributed by atoms with E-state index in [0.717, 1.165) is 32.6 Å². The number of nitrogens with zero attached hydrogens (tertiary/aromatic N) is 2. The van der Waals surface area contributed by atoms with Crippen LogP contribution in [0.3, 0.4) is 0 Å². The molecule has 0 saturated carbocycles. The van der Waals surface area contributed by atoms with E-state index < -0.39 is 0 Å². The Morgan fingerprint density at radius 2 is 1.59 bits per heavy atom. The van der Waals surface area contributed by atoms with Crippen molar-refractivity contribution in [3.63, 3.8) is 0 Å². The Balaban J connectivity index is 1.78. The van der Waals surface area contributed by atoms with E-state index in [0.29, 0.717) is 11.5 Å².